The van der Waals surface area contributed by atoms with Crippen LogP contribution in [0.25, 0.3) is 93.2 Å². The Balaban J connectivity index is 1.04. The molecule has 5 nitrogen and oxygen atoms in total. The van der Waals surface area contributed by atoms with Gasteiger partial charge in [0.05, 0.1) is 27.8 Å². The molecule has 4 heterocycles. The van der Waals surface area contributed by atoms with E-state index in [0.29, 0.717) is 6.67 Å². The summed E-state index contributed by atoms with van der Waals surface area (Å²) in [6.07, 6.45) is 1.93. The van der Waals surface area contributed by atoms with Gasteiger partial charge in [-0.3, -0.25) is 4.57 Å². The van der Waals surface area contributed by atoms with Crippen molar-refractivity contribution in [3.8, 4) is 39.6 Å². The maximum atomic E-state index is 6.99. The van der Waals surface area contributed by atoms with Gasteiger partial charge in [-0.2, -0.15) is 0 Å². The molecule has 3 aromatic heterocycles. The number of ether oxygens (including phenoxy) is 1. The van der Waals surface area contributed by atoms with Crippen LogP contribution in [0.3, 0.4) is 0 Å². The number of hydrogen-bond acceptors (Lipinski definition) is 3. The van der Waals surface area contributed by atoms with Gasteiger partial charge in [0.15, 0.2) is 0 Å². The number of para-hydroxylation sites is 2. The zero-order valence-electron chi connectivity index (χ0n) is 45.6. The number of hydrogen-bond donors (Lipinski definition) is 0. The minimum atomic E-state index is -0.143. The van der Waals surface area contributed by atoms with Gasteiger partial charge in [0.1, 0.15) is 24.0 Å². The molecule has 0 saturated heterocycles. The van der Waals surface area contributed by atoms with E-state index in [4.69, 9.17) is 9.72 Å². The lowest BCUT2D eigenvalue weighted by atomic mass is 9.83. The van der Waals surface area contributed by atoms with E-state index >= 15 is 0 Å². The molecule has 0 radical (unpaired) electrons. The van der Waals surface area contributed by atoms with Gasteiger partial charge in [0.25, 0.3) is 0 Å². The summed E-state index contributed by atoms with van der Waals surface area (Å²) in [5.41, 5.74) is 15.1. The van der Waals surface area contributed by atoms with Gasteiger partial charge in [0, 0.05) is 51.1 Å². The molecule has 0 fully saturated rings. The summed E-state index contributed by atoms with van der Waals surface area (Å²) < 4.78 is 11.9. The Kier molecular flexibility index (Phi) is 11.2. The van der Waals surface area contributed by atoms with E-state index < -0.39 is 0 Å². The van der Waals surface area contributed by atoms with Crippen LogP contribution in [0, 0.1) is 0 Å². The van der Waals surface area contributed by atoms with Crippen LogP contribution in [0.15, 0.2) is 212 Å². The molecule has 12 aromatic rings. The first kappa shape index (κ1) is 48.0. The highest BCUT2D eigenvalue weighted by atomic mass is 16.5. The van der Waals surface area contributed by atoms with Crippen LogP contribution in [0.2, 0.25) is 0 Å². The number of nitrogens with zero attached hydrogens (tertiary/aromatic N) is 4. The van der Waals surface area contributed by atoms with Crippen LogP contribution >= 0.6 is 0 Å². The molecule has 1 aliphatic rings. The number of aromatic nitrogens is 3. The van der Waals surface area contributed by atoms with Crippen LogP contribution < -0.4 is 9.64 Å². The standard InChI is InChI=1S/C72H64N4O/c1-70(2,3)49-35-36-73-67(42-49)76-64-32-18-17-29-60(64)61-34-33-54(44-65(61)76)77-53-24-19-23-52(43-53)74-45-75-68-55(48-37-47(46-21-11-10-12-22-46)38-50(39-48)71(4,5)6)30-20-31-62(68)58-27-15-13-25-56(58)57-26-14-16-28-59(57)63-40-51(72(7,8)9)41-66(74)69(63)75/h10-44H,45H2,1-9H3. The highest BCUT2D eigenvalue weighted by Crippen LogP contribution is 2.48. The van der Waals surface area contributed by atoms with Crippen molar-refractivity contribution in [1.82, 2.24) is 14.1 Å². The van der Waals surface area contributed by atoms with Gasteiger partial charge < -0.3 is 14.2 Å². The molecule has 0 bridgehead atoms. The lowest BCUT2D eigenvalue weighted by Gasteiger charge is -2.24. The molecule has 0 aliphatic carbocycles. The Hall–Kier alpha value is -8.67. The fourth-order valence-corrected chi connectivity index (χ4v) is 11.8. The molecule has 0 spiro atoms. The Labute approximate surface area is 452 Å². The van der Waals surface area contributed by atoms with E-state index in [1.165, 1.54) is 87.7 Å². The van der Waals surface area contributed by atoms with E-state index in [1.807, 2.05) is 6.20 Å². The third kappa shape index (κ3) is 8.37. The fourth-order valence-electron chi connectivity index (χ4n) is 11.8. The van der Waals surface area contributed by atoms with Crippen molar-refractivity contribution in [2.75, 3.05) is 4.90 Å². The highest BCUT2D eigenvalue weighted by Gasteiger charge is 2.29. The molecule has 0 saturated carbocycles. The Morgan fingerprint density at radius 2 is 0.974 bits per heavy atom. The van der Waals surface area contributed by atoms with Crippen molar-refractivity contribution in [3.05, 3.63) is 229 Å². The van der Waals surface area contributed by atoms with Crippen molar-refractivity contribution in [2.45, 2.75) is 85.2 Å². The van der Waals surface area contributed by atoms with Crippen LogP contribution in [0.1, 0.15) is 79.0 Å². The summed E-state index contributed by atoms with van der Waals surface area (Å²) in [5, 5.41) is 9.62. The molecule has 0 atom stereocenters. The summed E-state index contributed by atoms with van der Waals surface area (Å²) in [6, 6.07) is 76.1. The van der Waals surface area contributed by atoms with E-state index in [1.54, 1.807) is 0 Å². The van der Waals surface area contributed by atoms with Crippen LogP contribution in [-0.4, -0.2) is 14.1 Å². The molecule has 9 aromatic carbocycles. The second kappa shape index (κ2) is 18.0. The minimum Gasteiger partial charge on any atom is -0.457 e. The predicted molar refractivity (Wildman–Crippen MR) is 326 cm³/mol. The number of anilines is 2. The first-order chi connectivity index (χ1) is 37.1. The minimum absolute atomic E-state index is 0.0276. The van der Waals surface area contributed by atoms with Crippen molar-refractivity contribution >= 4 is 76.5 Å². The Morgan fingerprint density at radius 1 is 0.390 bits per heavy atom. The molecular weight excluding hydrogens is 937 g/mol. The average molecular weight is 1000 g/mol. The molecule has 77 heavy (non-hydrogen) atoms. The third-order valence-corrected chi connectivity index (χ3v) is 15.9. The van der Waals surface area contributed by atoms with Gasteiger partial charge in [-0.05, 0) is 132 Å². The summed E-state index contributed by atoms with van der Waals surface area (Å²) in [5.74, 6) is 2.41. The Bertz CT molecular complexity index is 4400. The lowest BCUT2D eigenvalue weighted by molar-refractivity contribution is 0.483. The fraction of sp³-hybridized carbons (Fsp3) is 0.181. The molecule has 378 valence electrons. The predicted octanol–water partition coefficient (Wildman–Crippen LogP) is 19.8. The van der Waals surface area contributed by atoms with Crippen LogP contribution in [0.5, 0.6) is 11.5 Å². The number of pyridine rings is 1. The van der Waals surface area contributed by atoms with E-state index in [-0.39, 0.29) is 16.2 Å². The van der Waals surface area contributed by atoms with Crippen LogP contribution in [0.4, 0.5) is 11.4 Å². The van der Waals surface area contributed by atoms with Crippen molar-refractivity contribution in [2.24, 2.45) is 0 Å². The monoisotopic (exact) mass is 1000 g/mol. The normalized spacial score (nSPS) is 12.9. The first-order valence-electron chi connectivity index (χ1n) is 27.1. The second-order valence-corrected chi connectivity index (χ2v) is 24.1. The highest BCUT2D eigenvalue weighted by molar-refractivity contribution is 6.22. The van der Waals surface area contributed by atoms with Crippen molar-refractivity contribution in [1.29, 1.82) is 0 Å². The molecule has 0 unspecified atom stereocenters. The molecule has 1 aliphatic heterocycles. The van der Waals surface area contributed by atoms with E-state index in [0.717, 1.165) is 45.1 Å². The summed E-state index contributed by atoms with van der Waals surface area (Å²) >= 11 is 0. The maximum absolute atomic E-state index is 6.99. The topological polar surface area (TPSA) is 35.2 Å². The molecule has 0 amide bonds. The Morgan fingerprint density at radius 3 is 1.69 bits per heavy atom. The first-order valence-corrected chi connectivity index (χ1v) is 27.1. The summed E-state index contributed by atoms with van der Waals surface area (Å²) in [4.78, 5) is 7.46. The number of fused-ring (bicyclic) bond motifs is 10. The van der Waals surface area contributed by atoms with Crippen molar-refractivity contribution < 1.29 is 4.74 Å². The largest absolute Gasteiger partial charge is 0.457 e. The molecule has 5 heteroatoms. The van der Waals surface area contributed by atoms with E-state index in [2.05, 4.69) is 283 Å². The third-order valence-electron chi connectivity index (χ3n) is 15.9. The van der Waals surface area contributed by atoms with Gasteiger partial charge >= 0.3 is 0 Å². The van der Waals surface area contributed by atoms with E-state index in [9.17, 15) is 0 Å². The number of benzene rings is 9. The molecular formula is C72H64N4O. The van der Waals surface area contributed by atoms with Gasteiger partial charge in [-0.25, -0.2) is 4.98 Å². The van der Waals surface area contributed by atoms with Gasteiger partial charge in [0.2, 0.25) is 0 Å². The number of rotatable bonds is 6. The zero-order chi connectivity index (χ0) is 53.0. The SMILES string of the molecule is CC(C)(C)c1cc(-c2ccccc2)cc(-c2cccc3c4ccccc4c4ccccc4c4cc(C(C)(C)C)cc5c4n(c23)CN5c2cccc(Oc3ccc4c5ccccc5n(-c5cc(C(C)(C)C)ccn5)c4c3)c2)c1. The second-order valence-electron chi connectivity index (χ2n) is 24.1. The summed E-state index contributed by atoms with van der Waals surface area (Å²) in [6.45, 7) is 21.3. The molecule has 13 rings (SSSR count). The molecule has 0 N–H and O–H groups in total. The van der Waals surface area contributed by atoms with Gasteiger partial charge in [-0.1, -0.05) is 196 Å². The quantitative estimate of drug-likeness (QED) is 0.166. The van der Waals surface area contributed by atoms with Crippen LogP contribution in [-0.2, 0) is 22.9 Å². The maximum Gasteiger partial charge on any atom is 0.137 e. The average Bonchev–Trinajstić information content (AvgIpc) is 4.13. The lowest BCUT2D eigenvalue weighted by Crippen LogP contribution is -2.16. The summed E-state index contributed by atoms with van der Waals surface area (Å²) in [7, 11) is 0. The smallest absolute Gasteiger partial charge is 0.137 e. The van der Waals surface area contributed by atoms with Gasteiger partial charge in [-0.15, -0.1) is 0 Å². The zero-order valence-corrected chi connectivity index (χ0v) is 45.6. The van der Waals surface area contributed by atoms with Crippen molar-refractivity contribution in [3.63, 3.8) is 0 Å².